The minimum atomic E-state index is -0.798. The van der Waals surface area contributed by atoms with Gasteiger partial charge in [0.25, 0.3) is 0 Å². The van der Waals surface area contributed by atoms with E-state index in [0.29, 0.717) is 48.5 Å². The average molecular weight is 458 g/mol. The molecule has 2 amide bonds. The Bertz CT molecular complexity index is 800. The number of hydrogen-bond donors (Lipinski definition) is 1. The summed E-state index contributed by atoms with van der Waals surface area (Å²) in [5.41, 5.74) is -0.170. The minimum Gasteiger partial charge on any atom is -0.497 e. The lowest BCUT2D eigenvalue weighted by atomic mass is 9.77. The third kappa shape index (κ3) is 5.13. The number of methoxy groups -OCH3 is 2. The Labute approximate surface area is 197 Å². The van der Waals surface area contributed by atoms with Crippen molar-refractivity contribution in [3.8, 4) is 11.5 Å². The van der Waals surface area contributed by atoms with E-state index in [1.165, 1.54) is 38.8 Å². The molecule has 0 aromatic heterocycles. The molecule has 2 aliphatic heterocycles. The Morgan fingerprint density at radius 1 is 1.03 bits per heavy atom. The number of nitrogens with one attached hydrogen (secondary N) is 1. The van der Waals surface area contributed by atoms with Crippen molar-refractivity contribution in [3.63, 3.8) is 0 Å². The molecule has 2 saturated heterocycles. The molecule has 33 heavy (non-hydrogen) atoms. The van der Waals surface area contributed by atoms with E-state index >= 15 is 0 Å². The Kier molecular flexibility index (Phi) is 7.78. The first kappa shape index (κ1) is 23.9. The molecule has 1 saturated carbocycles. The van der Waals surface area contributed by atoms with Gasteiger partial charge in [-0.3, -0.25) is 9.59 Å². The second-order valence-corrected chi connectivity index (χ2v) is 9.91. The maximum absolute atomic E-state index is 13.8. The Hall–Kier alpha value is -2.28. The van der Waals surface area contributed by atoms with Gasteiger partial charge < -0.3 is 24.6 Å². The number of carbonyl (C=O) groups excluding carboxylic acids is 2. The molecule has 0 unspecified atom stereocenters. The predicted molar refractivity (Wildman–Crippen MR) is 129 cm³/mol. The molecule has 2 heterocycles. The van der Waals surface area contributed by atoms with Crippen molar-refractivity contribution in [3.05, 3.63) is 18.2 Å². The van der Waals surface area contributed by atoms with E-state index in [9.17, 15) is 9.59 Å². The number of benzene rings is 1. The van der Waals surface area contributed by atoms with Crippen LogP contribution < -0.4 is 14.8 Å². The summed E-state index contributed by atoms with van der Waals surface area (Å²) in [6.45, 7) is 3.01. The summed E-state index contributed by atoms with van der Waals surface area (Å²) in [5, 5.41) is 3.10. The molecule has 4 rings (SSSR count). The summed E-state index contributed by atoms with van der Waals surface area (Å²) in [7, 11) is 3.19. The number of hydrogen-bond acceptors (Lipinski definition) is 5. The Morgan fingerprint density at radius 2 is 1.73 bits per heavy atom. The zero-order valence-electron chi connectivity index (χ0n) is 20.2. The highest BCUT2D eigenvalue weighted by molar-refractivity contribution is 5.99. The van der Waals surface area contributed by atoms with Gasteiger partial charge in [0, 0.05) is 36.5 Å². The van der Waals surface area contributed by atoms with Gasteiger partial charge in [0.1, 0.15) is 17.0 Å². The van der Waals surface area contributed by atoms with Crippen LogP contribution in [0.1, 0.15) is 64.2 Å². The van der Waals surface area contributed by atoms with Crippen LogP contribution in [0, 0.1) is 5.92 Å². The van der Waals surface area contributed by atoms with Crippen LogP contribution >= 0.6 is 0 Å². The fourth-order valence-electron chi connectivity index (χ4n) is 6.27. The minimum absolute atomic E-state index is 0.0964. The zero-order valence-corrected chi connectivity index (χ0v) is 20.2. The van der Waals surface area contributed by atoms with E-state index in [0.717, 1.165) is 32.1 Å². The molecule has 3 aliphatic rings. The molecule has 1 aromatic rings. The monoisotopic (exact) mass is 457 g/mol. The van der Waals surface area contributed by atoms with E-state index in [2.05, 4.69) is 10.2 Å². The summed E-state index contributed by atoms with van der Waals surface area (Å²) in [6.07, 6.45) is 11.4. The molecule has 182 valence electrons. The van der Waals surface area contributed by atoms with Gasteiger partial charge in [-0.2, -0.15) is 0 Å². The van der Waals surface area contributed by atoms with E-state index in [1.54, 1.807) is 32.4 Å². The second-order valence-electron chi connectivity index (χ2n) is 9.91. The summed E-state index contributed by atoms with van der Waals surface area (Å²) < 4.78 is 10.7. The van der Waals surface area contributed by atoms with Crippen molar-refractivity contribution in [2.45, 2.75) is 75.8 Å². The van der Waals surface area contributed by atoms with E-state index < -0.39 is 5.54 Å². The molecule has 0 spiro atoms. The molecule has 7 heteroatoms. The Morgan fingerprint density at radius 3 is 2.39 bits per heavy atom. The SMILES string of the molecule is COc1cc(NC(=O)C2(N(C=O)C[C@@H]3CCCN4CCCC[C@@H]34)CCCCC2)cc(OC)c1. The van der Waals surface area contributed by atoms with Crippen molar-refractivity contribution in [2.24, 2.45) is 5.92 Å². The highest BCUT2D eigenvalue weighted by Gasteiger charge is 2.46. The van der Waals surface area contributed by atoms with Crippen LogP contribution in [0.2, 0.25) is 0 Å². The molecule has 1 N–H and O–H groups in total. The van der Waals surface area contributed by atoms with Gasteiger partial charge in [-0.15, -0.1) is 0 Å². The fourth-order valence-corrected chi connectivity index (χ4v) is 6.27. The lowest BCUT2D eigenvalue weighted by Gasteiger charge is -2.49. The quantitative estimate of drug-likeness (QED) is 0.596. The van der Waals surface area contributed by atoms with Crippen molar-refractivity contribution in [1.29, 1.82) is 0 Å². The van der Waals surface area contributed by atoms with Crippen LogP contribution in [0.4, 0.5) is 5.69 Å². The number of rotatable bonds is 8. The lowest BCUT2D eigenvalue weighted by Crippen LogP contribution is -2.60. The lowest BCUT2D eigenvalue weighted by molar-refractivity contribution is -0.141. The maximum Gasteiger partial charge on any atom is 0.250 e. The number of anilines is 1. The number of piperidine rings is 2. The predicted octanol–water partition coefficient (Wildman–Crippen LogP) is 4.07. The first-order valence-corrected chi connectivity index (χ1v) is 12.6. The first-order chi connectivity index (χ1) is 16.1. The topological polar surface area (TPSA) is 71.1 Å². The molecule has 0 bridgehead atoms. The largest absolute Gasteiger partial charge is 0.497 e. The van der Waals surface area contributed by atoms with Gasteiger partial charge >= 0.3 is 0 Å². The van der Waals surface area contributed by atoms with Crippen LogP contribution in [0.3, 0.4) is 0 Å². The standard InChI is InChI=1S/C26H39N3O4/c1-32-22-15-21(16-23(17-22)33-2)27-25(31)26(11-5-3-6-12-26)29(19-30)18-20-9-8-14-28-13-7-4-10-24(20)28/h15-17,19-20,24H,3-14,18H2,1-2H3,(H,27,31)/t20-,24-/m0/s1. The van der Waals surface area contributed by atoms with Gasteiger partial charge in [-0.25, -0.2) is 0 Å². The normalized spacial score (nSPS) is 24.9. The molecule has 0 radical (unpaired) electrons. The van der Waals surface area contributed by atoms with E-state index in [4.69, 9.17) is 9.47 Å². The highest BCUT2D eigenvalue weighted by atomic mass is 16.5. The number of fused-ring (bicyclic) bond motifs is 1. The molecule has 3 fully saturated rings. The number of amides is 2. The van der Waals surface area contributed by atoms with Crippen LogP contribution in [0.15, 0.2) is 18.2 Å². The number of ether oxygens (including phenoxy) is 2. The average Bonchev–Trinajstić information content (AvgIpc) is 2.87. The van der Waals surface area contributed by atoms with Crippen molar-refractivity contribution in [2.75, 3.05) is 39.2 Å². The molecule has 2 atom stereocenters. The smallest absolute Gasteiger partial charge is 0.250 e. The van der Waals surface area contributed by atoms with Gasteiger partial charge in [0.2, 0.25) is 12.3 Å². The van der Waals surface area contributed by atoms with Crippen molar-refractivity contribution in [1.82, 2.24) is 9.80 Å². The van der Waals surface area contributed by atoms with Crippen LogP contribution in [-0.4, -0.2) is 67.6 Å². The molecule has 7 nitrogen and oxygen atoms in total. The molecule has 1 aromatic carbocycles. The zero-order chi connectivity index (χ0) is 23.3. The fraction of sp³-hybridized carbons (Fsp3) is 0.692. The molecular weight excluding hydrogens is 418 g/mol. The third-order valence-corrected chi connectivity index (χ3v) is 8.05. The van der Waals surface area contributed by atoms with Crippen molar-refractivity contribution >= 4 is 18.0 Å². The van der Waals surface area contributed by atoms with Crippen LogP contribution in [0.5, 0.6) is 11.5 Å². The van der Waals surface area contributed by atoms with E-state index in [1.807, 2.05) is 4.90 Å². The summed E-state index contributed by atoms with van der Waals surface area (Å²) in [6, 6.07) is 5.91. The number of carbonyl (C=O) groups is 2. The van der Waals surface area contributed by atoms with E-state index in [-0.39, 0.29) is 5.91 Å². The summed E-state index contributed by atoms with van der Waals surface area (Å²) in [5.74, 6) is 1.58. The van der Waals surface area contributed by atoms with Crippen LogP contribution in [0.25, 0.3) is 0 Å². The molecular formula is C26H39N3O4. The third-order valence-electron chi connectivity index (χ3n) is 8.05. The Balaban J connectivity index is 1.56. The molecule has 1 aliphatic carbocycles. The maximum atomic E-state index is 13.8. The highest BCUT2D eigenvalue weighted by Crippen LogP contribution is 2.38. The summed E-state index contributed by atoms with van der Waals surface area (Å²) >= 11 is 0. The van der Waals surface area contributed by atoms with Gasteiger partial charge in [-0.1, -0.05) is 25.7 Å². The first-order valence-electron chi connectivity index (χ1n) is 12.6. The van der Waals surface area contributed by atoms with Crippen LogP contribution in [-0.2, 0) is 9.59 Å². The van der Waals surface area contributed by atoms with Gasteiger partial charge in [-0.05, 0) is 57.5 Å². The second kappa shape index (κ2) is 10.8. The van der Waals surface area contributed by atoms with Gasteiger partial charge in [0.05, 0.1) is 14.2 Å². The summed E-state index contributed by atoms with van der Waals surface area (Å²) in [4.78, 5) is 30.8. The number of nitrogens with zero attached hydrogens (tertiary/aromatic N) is 2. The van der Waals surface area contributed by atoms with Gasteiger partial charge in [0.15, 0.2) is 0 Å². The van der Waals surface area contributed by atoms with Crippen molar-refractivity contribution < 1.29 is 19.1 Å².